The molecular formula is C16H30O2. The molecular weight excluding hydrogens is 224 g/mol. The van der Waals surface area contributed by atoms with Gasteiger partial charge < -0.3 is 5.11 Å². The molecule has 1 rings (SSSR count). The van der Waals surface area contributed by atoms with Crippen LogP contribution in [-0.4, -0.2) is 11.1 Å². The van der Waals surface area contributed by atoms with E-state index in [4.69, 9.17) is 5.11 Å². The number of carbonyl (C=O) groups is 1. The number of unbranched alkanes of at least 4 members (excludes halogenated alkanes) is 2. The predicted octanol–water partition coefficient (Wildman–Crippen LogP) is 5.02. The number of hydrogen-bond acceptors (Lipinski definition) is 1. The number of carboxylic acid groups (broad SMARTS) is 1. The summed E-state index contributed by atoms with van der Waals surface area (Å²) in [4.78, 5) is 10.5. The normalized spacial score (nSPS) is 18.7. The first-order valence-electron chi connectivity index (χ1n) is 7.90. The minimum absolute atomic E-state index is 0.337. The summed E-state index contributed by atoms with van der Waals surface area (Å²) in [5, 5.41) is 8.62. The van der Waals surface area contributed by atoms with Crippen LogP contribution in [0.15, 0.2) is 0 Å². The van der Waals surface area contributed by atoms with E-state index >= 15 is 0 Å². The molecule has 1 aliphatic rings. The van der Waals surface area contributed by atoms with Crippen LogP contribution in [0.1, 0.15) is 84.0 Å². The van der Waals surface area contributed by atoms with Gasteiger partial charge in [0.25, 0.3) is 0 Å². The molecule has 1 unspecified atom stereocenters. The Morgan fingerprint density at radius 1 is 1.11 bits per heavy atom. The molecule has 2 heteroatoms. The summed E-state index contributed by atoms with van der Waals surface area (Å²) >= 11 is 0. The Balaban J connectivity index is 1.89. The molecule has 1 fully saturated rings. The van der Waals surface area contributed by atoms with Crippen molar-refractivity contribution in [2.45, 2.75) is 84.0 Å². The van der Waals surface area contributed by atoms with Gasteiger partial charge in [0.05, 0.1) is 0 Å². The molecule has 1 atom stereocenters. The molecule has 1 N–H and O–H groups in total. The van der Waals surface area contributed by atoms with E-state index in [1.54, 1.807) is 0 Å². The summed E-state index contributed by atoms with van der Waals surface area (Å²) in [6, 6.07) is 0. The summed E-state index contributed by atoms with van der Waals surface area (Å²) in [7, 11) is 0. The Labute approximate surface area is 112 Å². The Morgan fingerprint density at radius 2 is 1.83 bits per heavy atom. The summed E-state index contributed by atoms with van der Waals surface area (Å²) in [5.41, 5.74) is 0. The van der Waals surface area contributed by atoms with Crippen LogP contribution in [0.25, 0.3) is 0 Å². The zero-order valence-electron chi connectivity index (χ0n) is 12.0. The fraction of sp³-hybridized carbons (Fsp3) is 0.938. The second kappa shape index (κ2) is 9.41. The number of carboxylic acids is 1. The molecule has 0 aliphatic heterocycles. The molecule has 0 aromatic carbocycles. The molecule has 18 heavy (non-hydrogen) atoms. The third kappa shape index (κ3) is 7.73. The first kappa shape index (κ1) is 15.5. The second-order valence-corrected chi connectivity index (χ2v) is 6.18. The van der Waals surface area contributed by atoms with Gasteiger partial charge in [0.2, 0.25) is 0 Å². The topological polar surface area (TPSA) is 37.3 Å². The molecule has 0 aromatic rings. The predicted molar refractivity (Wildman–Crippen MR) is 75.7 cm³/mol. The van der Waals surface area contributed by atoms with E-state index in [9.17, 15) is 4.79 Å². The molecule has 2 nitrogen and oxygen atoms in total. The molecule has 1 saturated carbocycles. The smallest absolute Gasteiger partial charge is 0.303 e. The fourth-order valence-electron chi connectivity index (χ4n) is 3.09. The monoisotopic (exact) mass is 254 g/mol. The van der Waals surface area contributed by atoms with Gasteiger partial charge in [-0.1, -0.05) is 71.1 Å². The van der Waals surface area contributed by atoms with Crippen molar-refractivity contribution in [1.29, 1.82) is 0 Å². The van der Waals surface area contributed by atoms with Gasteiger partial charge in [-0.05, 0) is 18.3 Å². The molecule has 0 heterocycles. The van der Waals surface area contributed by atoms with Gasteiger partial charge in [-0.3, -0.25) is 4.79 Å². The second-order valence-electron chi connectivity index (χ2n) is 6.18. The molecule has 0 radical (unpaired) electrons. The van der Waals surface area contributed by atoms with Crippen LogP contribution >= 0.6 is 0 Å². The summed E-state index contributed by atoms with van der Waals surface area (Å²) in [6.07, 6.45) is 15.1. The zero-order chi connectivity index (χ0) is 13.2. The maximum Gasteiger partial charge on any atom is 0.303 e. The van der Waals surface area contributed by atoms with Crippen LogP contribution in [0.3, 0.4) is 0 Å². The van der Waals surface area contributed by atoms with Crippen LogP contribution in [0.2, 0.25) is 0 Å². The lowest BCUT2D eigenvalue weighted by Crippen LogP contribution is -2.06. The molecule has 0 spiro atoms. The van der Waals surface area contributed by atoms with E-state index in [0.29, 0.717) is 12.3 Å². The summed E-state index contributed by atoms with van der Waals surface area (Å²) < 4.78 is 0. The average Bonchev–Trinajstić information content (AvgIpc) is 2.37. The Bertz CT molecular complexity index is 219. The maximum atomic E-state index is 10.5. The highest BCUT2D eigenvalue weighted by Gasteiger charge is 2.12. The lowest BCUT2D eigenvalue weighted by atomic mass is 9.85. The van der Waals surface area contributed by atoms with Crippen molar-refractivity contribution >= 4 is 5.97 Å². The average molecular weight is 254 g/mol. The molecule has 0 aromatic heterocycles. The fourth-order valence-corrected chi connectivity index (χ4v) is 3.09. The van der Waals surface area contributed by atoms with Crippen molar-refractivity contribution < 1.29 is 9.90 Å². The Kier molecular flexibility index (Phi) is 8.11. The maximum absolute atomic E-state index is 10.5. The van der Waals surface area contributed by atoms with Crippen LogP contribution in [0.5, 0.6) is 0 Å². The number of hydrogen-bond donors (Lipinski definition) is 1. The molecule has 0 bridgehead atoms. The Morgan fingerprint density at radius 3 is 2.50 bits per heavy atom. The van der Waals surface area contributed by atoms with E-state index < -0.39 is 5.97 Å². The van der Waals surface area contributed by atoms with Crippen LogP contribution in [0, 0.1) is 11.8 Å². The van der Waals surface area contributed by atoms with Gasteiger partial charge in [0.1, 0.15) is 0 Å². The van der Waals surface area contributed by atoms with Crippen LogP contribution in [0.4, 0.5) is 0 Å². The van der Waals surface area contributed by atoms with Crippen molar-refractivity contribution in [1.82, 2.24) is 0 Å². The minimum atomic E-state index is -0.654. The van der Waals surface area contributed by atoms with Gasteiger partial charge >= 0.3 is 5.97 Å². The Hall–Kier alpha value is -0.530. The van der Waals surface area contributed by atoms with Crippen LogP contribution in [-0.2, 0) is 4.79 Å². The molecule has 106 valence electrons. The quantitative estimate of drug-likeness (QED) is 0.587. The van der Waals surface area contributed by atoms with E-state index in [1.807, 2.05) is 0 Å². The summed E-state index contributed by atoms with van der Waals surface area (Å²) in [6.45, 7) is 2.18. The lowest BCUT2D eigenvalue weighted by molar-refractivity contribution is -0.137. The van der Waals surface area contributed by atoms with E-state index in [0.717, 1.165) is 12.3 Å². The highest BCUT2D eigenvalue weighted by molar-refractivity contribution is 5.66. The standard InChI is InChI=1S/C16H30O2/c1-14(12-13-16(17)18)8-4-2-5-9-15-10-6-3-7-11-15/h14-15H,2-13H2,1H3,(H,17,18). The lowest BCUT2D eigenvalue weighted by Gasteiger charge is -2.21. The number of rotatable bonds is 9. The number of aliphatic carboxylic acids is 1. The first-order valence-corrected chi connectivity index (χ1v) is 7.90. The highest BCUT2D eigenvalue weighted by Crippen LogP contribution is 2.28. The van der Waals surface area contributed by atoms with Gasteiger partial charge in [0.15, 0.2) is 0 Å². The van der Waals surface area contributed by atoms with Gasteiger partial charge in [-0.25, -0.2) is 0 Å². The zero-order valence-corrected chi connectivity index (χ0v) is 12.0. The van der Waals surface area contributed by atoms with Gasteiger partial charge in [0, 0.05) is 6.42 Å². The van der Waals surface area contributed by atoms with Gasteiger partial charge in [-0.15, -0.1) is 0 Å². The van der Waals surface area contributed by atoms with Crippen molar-refractivity contribution in [2.75, 3.05) is 0 Å². The van der Waals surface area contributed by atoms with Crippen LogP contribution < -0.4 is 0 Å². The van der Waals surface area contributed by atoms with E-state index in [2.05, 4.69) is 6.92 Å². The van der Waals surface area contributed by atoms with Crippen molar-refractivity contribution in [3.8, 4) is 0 Å². The highest BCUT2D eigenvalue weighted by atomic mass is 16.4. The third-order valence-corrected chi connectivity index (χ3v) is 4.39. The SMILES string of the molecule is CC(CCCCCC1CCCCC1)CCC(=O)O. The molecule has 0 amide bonds. The van der Waals surface area contributed by atoms with E-state index in [-0.39, 0.29) is 0 Å². The van der Waals surface area contributed by atoms with Gasteiger partial charge in [-0.2, -0.15) is 0 Å². The molecule has 0 saturated heterocycles. The summed E-state index contributed by atoms with van der Waals surface area (Å²) in [5.74, 6) is 0.943. The minimum Gasteiger partial charge on any atom is -0.481 e. The van der Waals surface area contributed by atoms with Crippen molar-refractivity contribution in [3.05, 3.63) is 0 Å². The van der Waals surface area contributed by atoms with Crippen molar-refractivity contribution in [3.63, 3.8) is 0 Å². The van der Waals surface area contributed by atoms with Crippen molar-refractivity contribution in [2.24, 2.45) is 11.8 Å². The largest absolute Gasteiger partial charge is 0.481 e. The third-order valence-electron chi connectivity index (χ3n) is 4.39. The molecule has 1 aliphatic carbocycles. The van der Waals surface area contributed by atoms with E-state index in [1.165, 1.54) is 64.2 Å². The first-order chi connectivity index (χ1) is 8.68.